The van der Waals surface area contributed by atoms with Crippen LogP contribution in [0.3, 0.4) is 0 Å². The Morgan fingerprint density at radius 2 is 2.29 bits per heavy atom. The molecule has 0 spiro atoms. The monoisotopic (exact) mass is 261 g/mol. The van der Waals surface area contributed by atoms with Gasteiger partial charge in [-0.3, -0.25) is 0 Å². The van der Waals surface area contributed by atoms with Crippen molar-refractivity contribution in [2.24, 2.45) is 0 Å². The summed E-state index contributed by atoms with van der Waals surface area (Å²) in [5.74, 6) is 0.236. The first-order valence-electron chi connectivity index (χ1n) is 5.31. The van der Waals surface area contributed by atoms with Gasteiger partial charge in [-0.05, 0) is 18.6 Å². The molecule has 1 unspecified atom stereocenters. The quantitative estimate of drug-likeness (QED) is 0.836. The maximum Gasteiger partial charge on any atom is 0.276 e. The molecule has 1 aromatic heterocycles. The minimum atomic E-state index is -3.64. The van der Waals surface area contributed by atoms with Crippen LogP contribution in [0.4, 0.5) is 0 Å². The van der Waals surface area contributed by atoms with E-state index in [0.717, 1.165) is 0 Å². The fraction of sp³-hybridized carbons (Fsp3) is 0.600. The largest absolute Gasteiger partial charge is 0.446 e. The first kappa shape index (κ1) is 12.6. The maximum absolute atomic E-state index is 12.1. The summed E-state index contributed by atoms with van der Waals surface area (Å²) >= 11 is 0. The van der Waals surface area contributed by atoms with Crippen molar-refractivity contribution < 1.29 is 22.7 Å². The number of nitrogens with zero attached hydrogens (tertiary/aromatic N) is 1. The van der Waals surface area contributed by atoms with Crippen molar-refractivity contribution in [2.45, 2.75) is 24.2 Å². The Morgan fingerprint density at radius 1 is 1.53 bits per heavy atom. The third kappa shape index (κ3) is 2.37. The molecule has 1 N–H and O–H groups in total. The molecule has 0 saturated carbocycles. The molecule has 0 radical (unpaired) electrons. The van der Waals surface area contributed by atoms with Gasteiger partial charge in [-0.15, -0.1) is 0 Å². The number of ether oxygens (including phenoxy) is 1. The van der Waals surface area contributed by atoms with E-state index in [1.54, 1.807) is 0 Å². The summed E-state index contributed by atoms with van der Waals surface area (Å²) in [5, 5.41) is 8.70. The van der Waals surface area contributed by atoms with Crippen molar-refractivity contribution in [1.29, 1.82) is 0 Å². The lowest BCUT2D eigenvalue weighted by molar-refractivity contribution is 0.180. The molecule has 1 aromatic rings. The smallest absolute Gasteiger partial charge is 0.276 e. The van der Waals surface area contributed by atoms with Crippen molar-refractivity contribution in [3.8, 4) is 0 Å². The Balaban J connectivity index is 2.22. The molecule has 1 aliphatic rings. The van der Waals surface area contributed by atoms with Crippen LogP contribution in [0.5, 0.6) is 0 Å². The highest BCUT2D eigenvalue weighted by molar-refractivity contribution is 7.89. The van der Waals surface area contributed by atoms with E-state index >= 15 is 0 Å². The third-order valence-electron chi connectivity index (χ3n) is 2.85. The summed E-state index contributed by atoms with van der Waals surface area (Å²) in [5.41, 5.74) is 0. The molecule has 1 saturated heterocycles. The molecule has 1 aliphatic heterocycles. The van der Waals surface area contributed by atoms with Gasteiger partial charge in [0.15, 0.2) is 0 Å². The lowest BCUT2D eigenvalue weighted by Crippen LogP contribution is -2.37. The van der Waals surface area contributed by atoms with Gasteiger partial charge in [0, 0.05) is 13.7 Å². The predicted molar refractivity (Wildman–Crippen MR) is 58.8 cm³/mol. The number of furan rings is 1. The van der Waals surface area contributed by atoms with E-state index in [0.29, 0.717) is 19.6 Å². The molecule has 1 atom stereocenters. The first-order valence-corrected chi connectivity index (χ1v) is 6.75. The van der Waals surface area contributed by atoms with Gasteiger partial charge in [-0.1, -0.05) is 0 Å². The molecule has 2 heterocycles. The summed E-state index contributed by atoms with van der Waals surface area (Å²) < 4.78 is 35.8. The Kier molecular flexibility index (Phi) is 3.53. The molecule has 0 amide bonds. The number of aliphatic hydroxyl groups is 1. The number of sulfonamides is 1. The van der Waals surface area contributed by atoms with Crippen LogP contribution in [0.15, 0.2) is 21.6 Å². The van der Waals surface area contributed by atoms with E-state index in [2.05, 4.69) is 0 Å². The van der Waals surface area contributed by atoms with Gasteiger partial charge in [-0.25, -0.2) is 8.42 Å². The van der Waals surface area contributed by atoms with Crippen LogP contribution in [-0.4, -0.2) is 44.1 Å². The van der Waals surface area contributed by atoms with Crippen molar-refractivity contribution in [3.63, 3.8) is 0 Å². The third-order valence-corrected chi connectivity index (χ3v) is 4.63. The van der Waals surface area contributed by atoms with E-state index in [-0.39, 0.29) is 23.5 Å². The Bertz CT molecular complexity index is 475. The van der Waals surface area contributed by atoms with Gasteiger partial charge in [0.1, 0.15) is 12.4 Å². The lowest BCUT2D eigenvalue weighted by Gasteiger charge is -2.20. The topological polar surface area (TPSA) is 80.0 Å². The Morgan fingerprint density at radius 3 is 2.82 bits per heavy atom. The second-order valence-corrected chi connectivity index (χ2v) is 5.85. The van der Waals surface area contributed by atoms with E-state index in [1.165, 1.54) is 23.5 Å². The van der Waals surface area contributed by atoms with Crippen LogP contribution in [0, 0.1) is 0 Å². The fourth-order valence-corrected chi connectivity index (χ4v) is 3.02. The fourth-order valence-electron chi connectivity index (χ4n) is 1.73. The van der Waals surface area contributed by atoms with Crippen LogP contribution in [0.2, 0.25) is 0 Å². The summed E-state index contributed by atoms with van der Waals surface area (Å²) in [6.07, 6.45) is 0.684. The minimum absolute atomic E-state index is 0.143. The highest BCUT2D eigenvalue weighted by Crippen LogP contribution is 2.22. The number of likely N-dealkylation sites (N-methyl/N-ethyl adjacent to an activating group) is 1. The van der Waals surface area contributed by atoms with Crippen molar-refractivity contribution >= 4 is 10.0 Å². The molecule has 0 bridgehead atoms. The zero-order chi connectivity index (χ0) is 12.5. The van der Waals surface area contributed by atoms with Crippen molar-refractivity contribution in [1.82, 2.24) is 4.31 Å². The summed E-state index contributed by atoms with van der Waals surface area (Å²) in [7, 11) is -2.13. The van der Waals surface area contributed by atoms with Crippen LogP contribution in [-0.2, 0) is 21.4 Å². The van der Waals surface area contributed by atoms with Crippen LogP contribution < -0.4 is 0 Å². The molecule has 0 aliphatic carbocycles. The van der Waals surface area contributed by atoms with Crippen molar-refractivity contribution in [2.75, 3.05) is 20.3 Å². The summed E-state index contributed by atoms with van der Waals surface area (Å²) in [6.45, 7) is 0.666. The summed E-state index contributed by atoms with van der Waals surface area (Å²) in [4.78, 5) is 0. The second-order valence-electron chi connectivity index (χ2n) is 3.92. The van der Waals surface area contributed by atoms with Gasteiger partial charge in [0.25, 0.3) is 10.0 Å². The molecule has 2 rings (SSSR count). The van der Waals surface area contributed by atoms with Crippen molar-refractivity contribution in [3.05, 3.63) is 17.9 Å². The number of aliphatic hydroxyl groups excluding tert-OH is 1. The van der Waals surface area contributed by atoms with Gasteiger partial charge < -0.3 is 14.3 Å². The second kappa shape index (κ2) is 4.77. The molecule has 1 fully saturated rings. The Hall–Kier alpha value is -0.890. The molecule has 7 heteroatoms. The predicted octanol–water partition coefficient (Wildman–Crippen LogP) is 0.181. The van der Waals surface area contributed by atoms with E-state index < -0.39 is 10.0 Å². The normalized spacial score (nSPS) is 21.2. The zero-order valence-corrected chi connectivity index (χ0v) is 10.3. The minimum Gasteiger partial charge on any atom is -0.446 e. The Labute approximate surface area is 99.8 Å². The zero-order valence-electron chi connectivity index (χ0n) is 9.50. The molecule has 6 nitrogen and oxygen atoms in total. The van der Waals surface area contributed by atoms with Gasteiger partial charge in [-0.2, -0.15) is 4.31 Å². The number of rotatable bonds is 4. The highest BCUT2D eigenvalue weighted by Gasteiger charge is 2.32. The lowest BCUT2D eigenvalue weighted by atomic mass is 10.3. The van der Waals surface area contributed by atoms with Gasteiger partial charge >= 0.3 is 0 Å². The summed E-state index contributed by atoms with van der Waals surface area (Å²) in [6, 6.07) is 2.65. The van der Waals surface area contributed by atoms with E-state index in [1.807, 2.05) is 0 Å². The highest BCUT2D eigenvalue weighted by atomic mass is 32.2. The van der Waals surface area contributed by atoms with Crippen LogP contribution in [0.25, 0.3) is 0 Å². The van der Waals surface area contributed by atoms with Crippen LogP contribution in [0.1, 0.15) is 12.2 Å². The van der Waals surface area contributed by atoms with E-state index in [9.17, 15) is 8.42 Å². The molecule has 0 aromatic carbocycles. The standard InChI is InChI=1S/C10H15NO5S/c1-11(8-4-5-15-7-8)17(13,14)10-3-2-9(6-12)16-10/h2-3,8,12H,4-7H2,1H3. The van der Waals surface area contributed by atoms with E-state index in [4.69, 9.17) is 14.3 Å². The SMILES string of the molecule is CN(C1CCOC1)S(=O)(=O)c1ccc(CO)o1. The van der Waals surface area contributed by atoms with Gasteiger partial charge in [0.05, 0.1) is 12.6 Å². The van der Waals surface area contributed by atoms with Crippen LogP contribution >= 0.6 is 0 Å². The average molecular weight is 261 g/mol. The molecule has 17 heavy (non-hydrogen) atoms. The number of hydrogen-bond acceptors (Lipinski definition) is 5. The molecular weight excluding hydrogens is 246 g/mol. The molecular formula is C10H15NO5S. The maximum atomic E-state index is 12.1. The number of hydrogen-bond donors (Lipinski definition) is 1. The van der Waals surface area contributed by atoms with Gasteiger partial charge in [0.2, 0.25) is 5.09 Å². The average Bonchev–Trinajstić information content (AvgIpc) is 2.98. The molecule has 96 valence electrons. The first-order chi connectivity index (χ1) is 8.05.